The van der Waals surface area contributed by atoms with Gasteiger partial charge in [-0.25, -0.2) is 0 Å². The van der Waals surface area contributed by atoms with Crippen molar-refractivity contribution in [3.63, 3.8) is 0 Å². The second-order valence-electron chi connectivity index (χ2n) is 6.05. The first-order chi connectivity index (χ1) is 9.66. The van der Waals surface area contributed by atoms with Crippen molar-refractivity contribution in [1.82, 2.24) is 0 Å². The zero-order chi connectivity index (χ0) is 16.2. The Labute approximate surface area is 125 Å². The van der Waals surface area contributed by atoms with Crippen LogP contribution in [-0.2, 0) is 14.9 Å². The number of hydrogen-bond donors (Lipinski definition) is 3. The second-order valence-corrected chi connectivity index (χ2v) is 6.05. The molecule has 0 saturated carbocycles. The minimum atomic E-state index is -1.25. The number of carbonyl (C=O) groups excluding carboxylic acids is 1. The van der Waals surface area contributed by atoms with E-state index in [0.717, 1.165) is 0 Å². The summed E-state index contributed by atoms with van der Waals surface area (Å²) in [6, 6.07) is 4.66. The van der Waals surface area contributed by atoms with Crippen molar-refractivity contribution in [2.75, 3.05) is 6.61 Å². The van der Waals surface area contributed by atoms with E-state index in [1.165, 1.54) is 12.1 Å². The van der Waals surface area contributed by atoms with E-state index in [2.05, 4.69) is 0 Å². The molecular formula is C16H24O5. The molecule has 0 radical (unpaired) electrons. The molecule has 0 bridgehead atoms. The van der Waals surface area contributed by atoms with Crippen molar-refractivity contribution in [3.8, 4) is 5.75 Å². The van der Waals surface area contributed by atoms with Crippen LogP contribution in [-0.4, -0.2) is 34.0 Å². The SMILES string of the molecule is CCOC(=O)CC(O)C(O)c1ccc(O)c(C(C)(C)C)c1. The first-order valence-electron chi connectivity index (χ1n) is 7.02. The predicted molar refractivity (Wildman–Crippen MR) is 79.0 cm³/mol. The monoisotopic (exact) mass is 296 g/mol. The van der Waals surface area contributed by atoms with Crippen LogP contribution in [0.1, 0.15) is 51.3 Å². The Morgan fingerprint density at radius 1 is 1.29 bits per heavy atom. The summed E-state index contributed by atoms with van der Waals surface area (Å²) in [5.74, 6) is -0.419. The zero-order valence-corrected chi connectivity index (χ0v) is 13.0. The van der Waals surface area contributed by atoms with Crippen LogP contribution in [0.25, 0.3) is 0 Å². The first-order valence-corrected chi connectivity index (χ1v) is 7.02. The molecule has 0 aromatic heterocycles. The van der Waals surface area contributed by atoms with E-state index in [4.69, 9.17) is 4.74 Å². The summed E-state index contributed by atoms with van der Waals surface area (Å²) in [6.45, 7) is 7.72. The van der Waals surface area contributed by atoms with Crippen LogP contribution in [0, 0.1) is 0 Å². The van der Waals surface area contributed by atoms with E-state index in [1.807, 2.05) is 20.8 Å². The fourth-order valence-electron chi connectivity index (χ4n) is 2.06. The van der Waals surface area contributed by atoms with Crippen LogP contribution in [0.5, 0.6) is 5.75 Å². The molecule has 3 N–H and O–H groups in total. The molecule has 0 heterocycles. The van der Waals surface area contributed by atoms with E-state index in [1.54, 1.807) is 13.0 Å². The van der Waals surface area contributed by atoms with Crippen LogP contribution in [0.4, 0.5) is 0 Å². The smallest absolute Gasteiger partial charge is 0.308 e. The number of aliphatic hydroxyl groups excluding tert-OH is 2. The van der Waals surface area contributed by atoms with Gasteiger partial charge in [-0.05, 0) is 35.6 Å². The highest BCUT2D eigenvalue weighted by atomic mass is 16.5. The number of phenols is 1. The van der Waals surface area contributed by atoms with Crippen molar-refractivity contribution >= 4 is 5.97 Å². The van der Waals surface area contributed by atoms with Gasteiger partial charge in [0.1, 0.15) is 11.9 Å². The number of hydrogen-bond acceptors (Lipinski definition) is 5. The highest BCUT2D eigenvalue weighted by Crippen LogP contribution is 2.33. The van der Waals surface area contributed by atoms with Crippen LogP contribution in [0.15, 0.2) is 18.2 Å². The Morgan fingerprint density at radius 2 is 1.90 bits per heavy atom. The number of benzene rings is 1. The maximum atomic E-state index is 11.3. The van der Waals surface area contributed by atoms with E-state index in [0.29, 0.717) is 11.1 Å². The standard InChI is InChI=1S/C16H24O5/c1-5-21-14(19)9-13(18)15(20)10-6-7-12(17)11(8-10)16(2,3)4/h6-8,13,15,17-18,20H,5,9H2,1-4H3. The van der Waals surface area contributed by atoms with Crippen LogP contribution in [0.3, 0.4) is 0 Å². The molecule has 1 aromatic carbocycles. The van der Waals surface area contributed by atoms with Gasteiger partial charge < -0.3 is 20.1 Å². The summed E-state index contributed by atoms with van der Waals surface area (Å²) in [5, 5.41) is 30.0. The lowest BCUT2D eigenvalue weighted by atomic mass is 9.84. The Morgan fingerprint density at radius 3 is 2.43 bits per heavy atom. The van der Waals surface area contributed by atoms with E-state index in [-0.39, 0.29) is 24.2 Å². The number of carbonyl (C=O) groups is 1. The molecule has 0 saturated heterocycles. The molecule has 21 heavy (non-hydrogen) atoms. The van der Waals surface area contributed by atoms with Gasteiger partial charge in [0.25, 0.3) is 0 Å². The van der Waals surface area contributed by atoms with Gasteiger partial charge >= 0.3 is 5.97 Å². The lowest BCUT2D eigenvalue weighted by Crippen LogP contribution is -2.23. The normalized spacial score (nSPS) is 14.6. The molecule has 5 heteroatoms. The summed E-state index contributed by atoms with van der Waals surface area (Å²) in [4.78, 5) is 11.3. The van der Waals surface area contributed by atoms with Crippen molar-refractivity contribution < 1.29 is 24.9 Å². The number of esters is 1. The number of phenolic OH excluding ortho intramolecular Hbond substituents is 1. The van der Waals surface area contributed by atoms with E-state index < -0.39 is 18.2 Å². The quantitative estimate of drug-likeness (QED) is 0.724. The molecule has 5 nitrogen and oxygen atoms in total. The molecule has 0 aliphatic heterocycles. The van der Waals surface area contributed by atoms with Gasteiger partial charge in [0, 0.05) is 0 Å². The van der Waals surface area contributed by atoms with Crippen LogP contribution in [0.2, 0.25) is 0 Å². The Bertz CT molecular complexity index is 490. The highest BCUT2D eigenvalue weighted by Gasteiger charge is 2.25. The summed E-state index contributed by atoms with van der Waals surface area (Å²) in [7, 11) is 0. The third-order valence-electron chi connectivity index (χ3n) is 3.22. The lowest BCUT2D eigenvalue weighted by Gasteiger charge is -2.23. The van der Waals surface area contributed by atoms with Crippen molar-refractivity contribution in [2.24, 2.45) is 0 Å². The molecule has 1 rings (SSSR count). The van der Waals surface area contributed by atoms with E-state index in [9.17, 15) is 20.1 Å². The maximum absolute atomic E-state index is 11.3. The van der Waals surface area contributed by atoms with Crippen LogP contribution >= 0.6 is 0 Å². The van der Waals surface area contributed by atoms with E-state index >= 15 is 0 Å². The highest BCUT2D eigenvalue weighted by molar-refractivity contribution is 5.70. The molecule has 118 valence electrons. The minimum absolute atomic E-state index is 0.137. The predicted octanol–water partition coefficient (Wildman–Crippen LogP) is 2.04. The molecule has 0 aliphatic rings. The summed E-state index contributed by atoms with van der Waals surface area (Å²) >= 11 is 0. The average molecular weight is 296 g/mol. The molecule has 0 amide bonds. The third-order valence-corrected chi connectivity index (χ3v) is 3.22. The van der Waals surface area contributed by atoms with Gasteiger partial charge in [-0.15, -0.1) is 0 Å². The Balaban J connectivity index is 2.92. The van der Waals surface area contributed by atoms with Gasteiger partial charge in [0.05, 0.1) is 19.1 Å². The average Bonchev–Trinajstić information content (AvgIpc) is 2.37. The lowest BCUT2D eigenvalue weighted by molar-refractivity contribution is -0.147. The van der Waals surface area contributed by atoms with Gasteiger partial charge in [0.2, 0.25) is 0 Å². The Hall–Kier alpha value is -1.59. The van der Waals surface area contributed by atoms with Crippen molar-refractivity contribution in [2.45, 2.75) is 51.7 Å². The number of aliphatic hydroxyl groups is 2. The maximum Gasteiger partial charge on any atom is 0.308 e. The fraction of sp³-hybridized carbons (Fsp3) is 0.562. The minimum Gasteiger partial charge on any atom is -0.508 e. The molecular weight excluding hydrogens is 272 g/mol. The molecule has 2 unspecified atom stereocenters. The molecule has 0 spiro atoms. The fourth-order valence-corrected chi connectivity index (χ4v) is 2.06. The molecule has 1 aromatic rings. The first kappa shape index (κ1) is 17.5. The molecule has 0 fully saturated rings. The number of aromatic hydroxyl groups is 1. The van der Waals surface area contributed by atoms with Gasteiger partial charge in [0.15, 0.2) is 0 Å². The van der Waals surface area contributed by atoms with Crippen molar-refractivity contribution in [1.29, 1.82) is 0 Å². The summed E-state index contributed by atoms with van der Waals surface area (Å²) < 4.78 is 4.75. The topological polar surface area (TPSA) is 87.0 Å². The van der Waals surface area contributed by atoms with Gasteiger partial charge in [-0.1, -0.05) is 26.8 Å². The summed E-state index contributed by atoms with van der Waals surface area (Å²) in [6.07, 6.45) is -2.74. The number of ether oxygens (including phenoxy) is 1. The zero-order valence-electron chi connectivity index (χ0n) is 13.0. The molecule has 2 atom stereocenters. The Kier molecular flexibility index (Phi) is 5.75. The van der Waals surface area contributed by atoms with Gasteiger partial charge in [-0.2, -0.15) is 0 Å². The third kappa shape index (κ3) is 4.72. The summed E-state index contributed by atoms with van der Waals surface area (Å²) in [5.41, 5.74) is 0.822. The second kappa shape index (κ2) is 6.91. The molecule has 0 aliphatic carbocycles. The van der Waals surface area contributed by atoms with Crippen LogP contribution < -0.4 is 0 Å². The van der Waals surface area contributed by atoms with Crippen molar-refractivity contribution in [3.05, 3.63) is 29.3 Å². The number of rotatable bonds is 5. The largest absolute Gasteiger partial charge is 0.508 e. The van der Waals surface area contributed by atoms with Gasteiger partial charge in [-0.3, -0.25) is 4.79 Å².